The molecule has 20 heavy (non-hydrogen) atoms. The second-order valence-corrected chi connectivity index (χ2v) is 6.99. The first-order valence-electron chi connectivity index (χ1n) is 7.90. The highest BCUT2D eigenvalue weighted by atomic mass is 16.6. The maximum Gasteiger partial charge on any atom is 0.410 e. The predicted molar refractivity (Wildman–Crippen MR) is 80.7 cm³/mol. The maximum absolute atomic E-state index is 12.0. The molecule has 1 aliphatic rings. The second kappa shape index (κ2) is 7.87. The third-order valence-corrected chi connectivity index (χ3v) is 4.07. The lowest BCUT2D eigenvalue weighted by Crippen LogP contribution is -2.42. The van der Waals surface area contributed by atoms with Crippen molar-refractivity contribution in [2.24, 2.45) is 5.92 Å². The first kappa shape index (κ1) is 17.3. The number of ether oxygens (including phenoxy) is 1. The highest BCUT2D eigenvalue weighted by Crippen LogP contribution is 2.30. The lowest BCUT2D eigenvalue weighted by Gasteiger charge is -2.35. The van der Waals surface area contributed by atoms with E-state index in [2.05, 4.69) is 0 Å². The van der Waals surface area contributed by atoms with Gasteiger partial charge < -0.3 is 14.7 Å². The first-order valence-corrected chi connectivity index (χ1v) is 7.90. The van der Waals surface area contributed by atoms with Crippen LogP contribution in [0, 0.1) is 5.92 Å². The van der Waals surface area contributed by atoms with Crippen molar-refractivity contribution < 1.29 is 14.6 Å². The van der Waals surface area contributed by atoms with E-state index in [0.29, 0.717) is 12.6 Å². The van der Waals surface area contributed by atoms with Crippen molar-refractivity contribution in [3.05, 3.63) is 0 Å². The van der Waals surface area contributed by atoms with Crippen LogP contribution in [0.1, 0.15) is 65.7 Å². The molecule has 0 heterocycles. The zero-order valence-electron chi connectivity index (χ0n) is 13.5. The number of aliphatic hydroxyl groups is 1. The molecule has 1 fully saturated rings. The minimum atomic E-state index is -0.424. The number of carbonyl (C=O) groups is 1. The van der Waals surface area contributed by atoms with Crippen molar-refractivity contribution in [2.75, 3.05) is 13.7 Å². The fourth-order valence-corrected chi connectivity index (χ4v) is 2.85. The van der Waals surface area contributed by atoms with Gasteiger partial charge in [0.2, 0.25) is 0 Å². The molecule has 1 amide bonds. The van der Waals surface area contributed by atoms with Gasteiger partial charge in [0.25, 0.3) is 0 Å². The molecule has 1 N–H and O–H groups in total. The minimum Gasteiger partial charge on any atom is -0.444 e. The summed E-state index contributed by atoms with van der Waals surface area (Å²) in [5.41, 5.74) is -0.424. The monoisotopic (exact) mass is 285 g/mol. The van der Waals surface area contributed by atoms with E-state index in [1.165, 1.54) is 19.3 Å². The van der Waals surface area contributed by atoms with Crippen molar-refractivity contribution in [1.82, 2.24) is 4.90 Å². The highest BCUT2D eigenvalue weighted by molar-refractivity contribution is 5.68. The molecule has 1 rings (SSSR count). The zero-order valence-corrected chi connectivity index (χ0v) is 13.5. The van der Waals surface area contributed by atoms with E-state index in [-0.39, 0.29) is 6.09 Å². The molecule has 1 aliphatic carbocycles. The molecule has 0 bridgehead atoms. The van der Waals surface area contributed by atoms with Gasteiger partial charge in [-0.3, -0.25) is 0 Å². The fourth-order valence-electron chi connectivity index (χ4n) is 2.85. The average Bonchev–Trinajstić information content (AvgIpc) is 2.37. The zero-order chi connectivity index (χ0) is 15.2. The van der Waals surface area contributed by atoms with Crippen LogP contribution in [-0.2, 0) is 4.74 Å². The number of hydrogen-bond acceptors (Lipinski definition) is 3. The van der Waals surface area contributed by atoms with E-state index < -0.39 is 5.60 Å². The fraction of sp³-hybridized carbons (Fsp3) is 0.938. The maximum atomic E-state index is 12.0. The van der Waals surface area contributed by atoms with Crippen LogP contribution in [0.4, 0.5) is 4.79 Å². The summed E-state index contributed by atoms with van der Waals surface area (Å²) in [6.45, 7) is 6.00. The molecule has 0 saturated heterocycles. The number of aliphatic hydroxyl groups excluding tert-OH is 1. The molecular weight excluding hydrogens is 254 g/mol. The molecule has 0 aliphatic heterocycles. The largest absolute Gasteiger partial charge is 0.444 e. The predicted octanol–water partition coefficient (Wildman–Crippen LogP) is 3.57. The van der Waals surface area contributed by atoms with Crippen LogP contribution in [0.2, 0.25) is 0 Å². The molecule has 1 saturated carbocycles. The van der Waals surface area contributed by atoms with Gasteiger partial charge >= 0.3 is 6.09 Å². The summed E-state index contributed by atoms with van der Waals surface area (Å²) in [5, 5.41) is 8.81. The summed E-state index contributed by atoms with van der Waals surface area (Å²) in [5.74, 6) is 0.768. The minimum absolute atomic E-state index is 0.207. The summed E-state index contributed by atoms with van der Waals surface area (Å²) in [6.07, 6.45) is 7.54. The molecular formula is C16H31NO3. The van der Waals surface area contributed by atoms with Crippen LogP contribution in [-0.4, -0.2) is 41.4 Å². The van der Waals surface area contributed by atoms with Crippen LogP contribution in [0.3, 0.4) is 0 Å². The van der Waals surface area contributed by atoms with Gasteiger partial charge in [-0.1, -0.05) is 12.8 Å². The highest BCUT2D eigenvalue weighted by Gasteiger charge is 2.28. The van der Waals surface area contributed by atoms with Crippen molar-refractivity contribution >= 4 is 6.09 Å². The Morgan fingerprint density at radius 3 is 2.30 bits per heavy atom. The Hall–Kier alpha value is -0.770. The van der Waals surface area contributed by atoms with E-state index in [0.717, 1.165) is 31.6 Å². The van der Waals surface area contributed by atoms with Crippen molar-refractivity contribution in [2.45, 2.75) is 77.4 Å². The van der Waals surface area contributed by atoms with Crippen LogP contribution in [0.15, 0.2) is 0 Å². The van der Waals surface area contributed by atoms with Gasteiger partial charge in [-0.2, -0.15) is 0 Å². The standard InChI is InChI=1S/C16H31NO3/c1-16(2,3)20-15(19)17(4)14-10-8-13(9-11-14)7-5-6-12-18/h13-14,18H,5-12H2,1-4H3/t13-,14-. The molecule has 0 spiro atoms. The second-order valence-electron chi connectivity index (χ2n) is 6.99. The van der Waals surface area contributed by atoms with E-state index in [4.69, 9.17) is 9.84 Å². The van der Waals surface area contributed by atoms with Crippen LogP contribution >= 0.6 is 0 Å². The Labute approximate surface area is 123 Å². The quantitative estimate of drug-likeness (QED) is 0.786. The number of hydrogen-bond donors (Lipinski definition) is 1. The Morgan fingerprint density at radius 2 is 1.80 bits per heavy atom. The van der Waals surface area contributed by atoms with Crippen molar-refractivity contribution in [3.8, 4) is 0 Å². The van der Waals surface area contributed by atoms with Gasteiger partial charge in [0.05, 0.1) is 0 Å². The van der Waals surface area contributed by atoms with Gasteiger partial charge in [-0.25, -0.2) is 4.79 Å². The number of rotatable bonds is 5. The normalized spacial score (nSPS) is 23.4. The van der Waals surface area contributed by atoms with E-state index in [1.807, 2.05) is 27.8 Å². The summed E-state index contributed by atoms with van der Waals surface area (Å²) < 4.78 is 5.42. The van der Waals surface area contributed by atoms with Crippen LogP contribution in [0.5, 0.6) is 0 Å². The topological polar surface area (TPSA) is 49.8 Å². The number of carbonyl (C=O) groups excluding carboxylic acids is 1. The molecule has 0 atom stereocenters. The van der Waals surface area contributed by atoms with E-state index in [1.54, 1.807) is 4.90 Å². The third kappa shape index (κ3) is 6.12. The molecule has 0 aromatic carbocycles. The molecule has 118 valence electrons. The van der Waals surface area contributed by atoms with E-state index >= 15 is 0 Å². The third-order valence-electron chi connectivity index (χ3n) is 4.07. The lowest BCUT2D eigenvalue weighted by atomic mass is 9.83. The van der Waals surface area contributed by atoms with Gasteiger partial charge in [0, 0.05) is 19.7 Å². The summed E-state index contributed by atoms with van der Waals surface area (Å²) in [6, 6.07) is 0.318. The number of unbranched alkanes of at least 4 members (excludes halogenated alkanes) is 1. The SMILES string of the molecule is CN(C(=O)OC(C)(C)C)[C@H]1CC[C@H](CCCCO)CC1. The number of amides is 1. The van der Waals surface area contributed by atoms with Gasteiger partial charge in [0.15, 0.2) is 0 Å². The molecule has 0 aromatic heterocycles. The van der Waals surface area contributed by atoms with E-state index in [9.17, 15) is 4.79 Å². The van der Waals surface area contributed by atoms with Gasteiger partial charge in [-0.15, -0.1) is 0 Å². The van der Waals surface area contributed by atoms with Gasteiger partial charge in [0.1, 0.15) is 5.60 Å². The molecule has 0 radical (unpaired) electrons. The Morgan fingerprint density at radius 1 is 1.20 bits per heavy atom. The van der Waals surface area contributed by atoms with Crippen molar-refractivity contribution in [3.63, 3.8) is 0 Å². The first-order chi connectivity index (χ1) is 9.33. The average molecular weight is 285 g/mol. The molecule has 0 aromatic rings. The Kier molecular flexibility index (Phi) is 6.80. The Balaban J connectivity index is 2.31. The molecule has 4 nitrogen and oxygen atoms in total. The summed E-state index contributed by atoms with van der Waals surface area (Å²) in [7, 11) is 1.85. The van der Waals surface area contributed by atoms with Crippen LogP contribution < -0.4 is 0 Å². The summed E-state index contributed by atoms with van der Waals surface area (Å²) >= 11 is 0. The summed E-state index contributed by atoms with van der Waals surface area (Å²) in [4.78, 5) is 13.8. The van der Waals surface area contributed by atoms with Crippen molar-refractivity contribution in [1.29, 1.82) is 0 Å². The van der Waals surface area contributed by atoms with Crippen LogP contribution in [0.25, 0.3) is 0 Å². The molecule has 4 heteroatoms. The Bertz CT molecular complexity index is 291. The van der Waals surface area contributed by atoms with Gasteiger partial charge in [-0.05, 0) is 58.8 Å². The lowest BCUT2D eigenvalue weighted by molar-refractivity contribution is 0.0170. The number of nitrogens with zero attached hydrogens (tertiary/aromatic N) is 1. The smallest absolute Gasteiger partial charge is 0.410 e. The molecule has 0 unspecified atom stereocenters.